The lowest BCUT2D eigenvalue weighted by atomic mass is 10.3. The fourth-order valence-electron chi connectivity index (χ4n) is 2.10. The van der Waals surface area contributed by atoms with Crippen molar-refractivity contribution in [2.24, 2.45) is 0 Å². The van der Waals surface area contributed by atoms with Crippen molar-refractivity contribution in [2.75, 3.05) is 13.2 Å². The van der Waals surface area contributed by atoms with E-state index in [1.165, 1.54) is 13.0 Å². The van der Waals surface area contributed by atoms with Gasteiger partial charge in [0.25, 0.3) is 5.91 Å². The number of aryl methyl sites for hydroxylation is 1. The number of rotatable bonds is 6. The molecule has 0 saturated heterocycles. The molecule has 0 aliphatic heterocycles. The summed E-state index contributed by atoms with van der Waals surface area (Å²) in [5.74, 6) is -0.546. The van der Waals surface area contributed by atoms with Crippen LogP contribution in [0.15, 0.2) is 12.1 Å². The van der Waals surface area contributed by atoms with Crippen molar-refractivity contribution < 1.29 is 22.7 Å². The third kappa shape index (κ3) is 4.44. The molecule has 0 aliphatic rings. The summed E-state index contributed by atoms with van der Waals surface area (Å²) in [6, 6.07) is 2.13. The number of aromatic nitrogens is 3. The molecule has 9 heteroatoms. The summed E-state index contributed by atoms with van der Waals surface area (Å²) in [7, 11) is 0. The van der Waals surface area contributed by atoms with Gasteiger partial charge < -0.3 is 10.1 Å². The van der Waals surface area contributed by atoms with Gasteiger partial charge in [-0.2, -0.15) is 18.3 Å². The number of nitrogens with one attached hydrogen (secondary N) is 1. The number of fused-ring (bicyclic) bond motifs is 1. The van der Waals surface area contributed by atoms with Gasteiger partial charge in [0.2, 0.25) is 0 Å². The van der Waals surface area contributed by atoms with Gasteiger partial charge in [-0.15, -0.1) is 0 Å². The molecule has 24 heavy (non-hydrogen) atoms. The smallest absolute Gasteiger partial charge is 0.379 e. The zero-order valence-electron chi connectivity index (χ0n) is 13.6. The molecule has 132 valence electrons. The first-order valence-electron chi connectivity index (χ1n) is 7.53. The molecule has 2 rings (SSSR count). The molecule has 2 heterocycles. The number of alkyl halides is 3. The second-order valence-corrected chi connectivity index (χ2v) is 5.61. The molecule has 0 aromatic carbocycles. The molecule has 0 fully saturated rings. The minimum Gasteiger partial charge on any atom is -0.379 e. The van der Waals surface area contributed by atoms with Crippen molar-refractivity contribution in [3.8, 4) is 0 Å². The van der Waals surface area contributed by atoms with Crippen LogP contribution >= 0.6 is 0 Å². The summed E-state index contributed by atoms with van der Waals surface area (Å²) < 4.78 is 45.2. The highest BCUT2D eigenvalue weighted by atomic mass is 19.4. The quantitative estimate of drug-likeness (QED) is 0.818. The standard InChI is InChI=1S/C15H19F3N4O2/c1-9(2)24-6-4-5-19-14(23)11-8-13-20-10(3)7-12(15(16,17)18)22(13)21-11/h7-9H,4-6H2,1-3H3,(H,19,23). The van der Waals surface area contributed by atoms with Crippen LogP contribution in [0.1, 0.15) is 42.1 Å². The topological polar surface area (TPSA) is 68.5 Å². The second kappa shape index (κ2) is 7.16. The highest BCUT2D eigenvalue weighted by Gasteiger charge is 2.35. The van der Waals surface area contributed by atoms with Gasteiger partial charge in [0.1, 0.15) is 5.69 Å². The molecule has 0 unspecified atom stereocenters. The SMILES string of the molecule is Cc1cc(C(F)(F)F)n2nc(C(=O)NCCCOC(C)C)cc2n1. The van der Waals surface area contributed by atoms with Gasteiger partial charge in [-0.25, -0.2) is 9.50 Å². The van der Waals surface area contributed by atoms with Crippen LogP contribution in [-0.2, 0) is 10.9 Å². The fourth-order valence-corrected chi connectivity index (χ4v) is 2.10. The van der Waals surface area contributed by atoms with Crippen molar-refractivity contribution in [3.63, 3.8) is 0 Å². The molecule has 2 aromatic rings. The van der Waals surface area contributed by atoms with Gasteiger partial charge in [-0.1, -0.05) is 0 Å². The van der Waals surface area contributed by atoms with Crippen LogP contribution in [0.2, 0.25) is 0 Å². The van der Waals surface area contributed by atoms with E-state index in [2.05, 4.69) is 15.4 Å². The third-order valence-electron chi connectivity index (χ3n) is 3.14. The Kier molecular flexibility index (Phi) is 5.43. The molecule has 0 atom stereocenters. The summed E-state index contributed by atoms with van der Waals surface area (Å²) in [6.07, 6.45) is -3.88. The van der Waals surface area contributed by atoms with Crippen LogP contribution in [0, 0.1) is 6.92 Å². The number of hydrogen-bond acceptors (Lipinski definition) is 4. The van der Waals surface area contributed by atoms with E-state index in [1.54, 1.807) is 0 Å². The van der Waals surface area contributed by atoms with Crippen molar-refractivity contribution >= 4 is 11.6 Å². The lowest BCUT2D eigenvalue weighted by Gasteiger charge is -2.09. The number of nitrogens with zero attached hydrogens (tertiary/aromatic N) is 3. The van der Waals surface area contributed by atoms with E-state index in [-0.39, 0.29) is 23.1 Å². The number of ether oxygens (including phenoxy) is 1. The van der Waals surface area contributed by atoms with Gasteiger partial charge >= 0.3 is 6.18 Å². The number of carbonyl (C=O) groups is 1. The Balaban J connectivity index is 2.11. The van der Waals surface area contributed by atoms with E-state index in [9.17, 15) is 18.0 Å². The predicted molar refractivity (Wildman–Crippen MR) is 80.8 cm³/mol. The molecule has 6 nitrogen and oxygen atoms in total. The number of halogens is 3. The van der Waals surface area contributed by atoms with Crippen LogP contribution < -0.4 is 5.32 Å². The maximum absolute atomic E-state index is 13.1. The van der Waals surface area contributed by atoms with Crippen LogP contribution in [0.4, 0.5) is 13.2 Å². The van der Waals surface area contributed by atoms with E-state index < -0.39 is 17.8 Å². The molecular formula is C15H19F3N4O2. The molecule has 0 spiro atoms. The first-order valence-corrected chi connectivity index (χ1v) is 7.53. The van der Waals surface area contributed by atoms with Crippen molar-refractivity contribution in [2.45, 2.75) is 39.5 Å². The molecule has 0 bridgehead atoms. The van der Waals surface area contributed by atoms with E-state index in [0.29, 0.717) is 24.1 Å². The maximum Gasteiger partial charge on any atom is 0.433 e. The first-order chi connectivity index (χ1) is 11.2. The highest BCUT2D eigenvalue weighted by Crippen LogP contribution is 2.29. The summed E-state index contributed by atoms with van der Waals surface area (Å²) in [4.78, 5) is 16.0. The normalized spacial score (nSPS) is 12.1. The van der Waals surface area contributed by atoms with Crippen molar-refractivity contribution in [1.29, 1.82) is 0 Å². The molecule has 1 amide bonds. The maximum atomic E-state index is 13.1. The van der Waals surface area contributed by atoms with E-state index >= 15 is 0 Å². The lowest BCUT2D eigenvalue weighted by Crippen LogP contribution is -2.26. The van der Waals surface area contributed by atoms with Crippen molar-refractivity contribution in [1.82, 2.24) is 19.9 Å². The average Bonchev–Trinajstić information content (AvgIpc) is 2.88. The molecular weight excluding hydrogens is 325 g/mol. The zero-order chi connectivity index (χ0) is 17.9. The largest absolute Gasteiger partial charge is 0.433 e. The van der Waals surface area contributed by atoms with E-state index in [1.807, 2.05) is 13.8 Å². The summed E-state index contributed by atoms with van der Waals surface area (Å²) >= 11 is 0. The van der Waals surface area contributed by atoms with Gasteiger partial charge in [0, 0.05) is 24.9 Å². The van der Waals surface area contributed by atoms with E-state index in [0.717, 1.165) is 6.07 Å². The average molecular weight is 344 g/mol. The first kappa shape index (κ1) is 18.2. The van der Waals surface area contributed by atoms with E-state index in [4.69, 9.17) is 4.74 Å². The summed E-state index contributed by atoms with van der Waals surface area (Å²) in [6.45, 7) is 6.10. The third-order valence-corrected chi connectivity index (χ3v) is 3.14. The molecule has 0 radical (unpaired) electrons. The number of amides is 1. The van der Waals surface area contributed by atoms with Crippen LogP contribution in [0.3, 0.4) is 0 Å². The van der Waals surface area contributed by atoms with Crippen LogP contribution in [-0.4, -0.2) is 39.8 Å². The molecule has 0 saturated carbocycles. The Hall–Kier alpha value is -2.16. The van der Waals surface area contributed by atoms with Crippen LogP contribution in [0.5, 0.6) is 0 Å². The van der Waals surface area contributed by atoms with Gasteiger partial charge in [-0.05, 0) is 33.3 Å². The van der Waals surface area contributed by atoms with Gasteiger partial charge in [-0.3, -0.25) is 4.79 Å². The predicted octanol–water partition coefficient (Wildman–Crippen LogP) is 2.60. The van der Waals surface area contributed by atoms with Gasteiger partial charge in [0.15, 0.2) is 11.3 Å². The Labute approximate surface area is 137 Å². The molecule has 1 N–H and O–H groups in total. The van der Waals surface area contributed by atoms with Gasteiger partial charge in [0.05, 0.1) is 6.10 Å². The Morgan fingerprint density at radius 3 is 2.71 bits per heavy atom. The minimum atomic E-state index is -4.58. The zero-order valence-corrected chi connectivity index (χ0v) is 13.6. The fraction of sp³-hybridized carbons (Fsp3) is 0.533. The van der Waals surface area contributed by atoms with Crippen molar-refractivity contribution in [3.05, 3.63) is 29.2 Å². The Bertz CT molecular complexity index is 725. The Morgan fingerprint density at radius 1 is 1.38 bits per heavy atom. The minimum absolute atomic E-state index is 0.0179. The lowest BCUT2D eigenvalue weighted by molar-refractivity contribution is -0.142. The number of hydrogen-bond donors (Lipinski definition) is 1. The highest BCUT2D eigenvalue weighted by molar-refractivity contribution is 5.93. The number of carbonyl (C=O) groups excluding carboxylic acids is 1. The monoisotopic (exact) mass is 344 g/mol. The molecule has 0 aliphatic carbocycles. The Morgan fingerprint density at radius 2 is 2.08 bits per heavy atom. The van der Waals surface area contributed by atoms with Crippen LogP contribution in [0.25, 0.3) is 5.65 Å². The summed E-state index contributed by atoms with van der Waals surface area (Å²) in [5.41, 5.74) is -0.888. The second-order valence-electron chi connectivity index (χ2n) is 5.61. The summed E-state index contributed by atoms with van der Waals surface area (Å²) in [5, 5.41) is 6.34. The molecule has 2 aromatic heterocycles.